The van der Waals surface area contributed by atoms with Crippen LogP contribution in [-0.2, 0) is 11.3 Å². The topological polar surface area (TPSA) is 83.8 Å². The largest absolute Gasteiger partial charge is 0.369 e. The summed E-state index contributed by atoms with van der Waals surface area (Å²) >= 11 is 0. The summed E-state index contributed by atoms with van der Waals surface area (Å²) in [6.07, 6.45) is 8.67. The monoisotopic (exact) mass is 312 g/mol. The Labute approximate surface area is 136 Å². The summed E-state index contributed by atoms with van der Waals surface area (Å²) in [4.78, 5) is 19.0. The lowest BCUT2D eigenvalue weighted by Crippen LogP contribution is -2.25. The van der Waals surface area contributed by atoms with Gasteiger partial charge in [0.1, 0.15) is 0 Å². The van der Waals surface area contributed by atoms with Gasteiger partial charge < -0.3 is 16.0 Å². The third-order valence-electron chi connectivity index (χ3n) is 4.55. The summed E-state index contributed by atoms with van der Waals surface area (Å²) in [5.74, 6) is 1.17. The number of hydrogen-bond acceptors (Lipinski definition) is 3. The lowest BCUT2D eigenvalue weighted by molar-refractivity contribution is -0.122. The number of hydrogen-bond donors (Lipinski definition) is 3. The van der Waals surface area contributed by atoms with Crippen molar-refractivity contribution in [1.29, 1.82) is 0 Å². The molecule has 23 heavy (non-hydrogen) atoms. The van der Waals surface area contributed by atoms with Crippen molar-refractivity contribution in [1.82, 2.24) is 15.3 Å². The van der Waals surface area contributed by atoms with Crippen molar-refractivity contribution >= 4 is 11.9 Å². The number of imidazole rings is 1. The van der Waals surface area contributed by atoms with Gasteiger partial charge in [0.2, 0.25) is 5.91 Å². The smallest absolute Gasteiger partial charge is 0.220 e. The molecule has 0 radical (unpaired) electrons. The minimum atomic E-state index is 0.169. The van der Waals surface area contributed by atoms with E-state index in [1.165, 1.54) is 32.1 Å². The number of nitrogens with one attached hydrogen (secondary N) is 2. The number of carbonyl (C=O) groups is 1. The molecule has 4 N–H and O–H groups in total. The SMILES string of the molecule is Nc1ncc(-c2ccc(CNC(=O)CC3CCCCC3)cc2)[nH]1. The first kappa shape index (κ1) is 15.6. The Kier molecular flexibility index (Phi) is 4.95. The highest BCUT2D eigenvalue weighted by Gasteiger charge is 2.16. The molecule has 1 amide bonds. The highest BCUT2D eigenvalue weighted by molar-refractivity contribution is 5.76. The van der Waals surface area contributed by atoms with Gasteiger partial charge in [-0.25, -0.2) is 4.98 Å². The number of carbonyl (C=O) groups excluding carboxylic acids is 1. The fraction of sp³-hybridized carbons (Fsp3) is 0.444. The summed E-state index contributed by atoms with van der Waals surface area (Å²) in [5, 5.41) is 3.03. The summed E-state index contributed by atoms with van der Waals surface area (Å²) in [7, 11) is 0. The van der Waals surface area contributed by atoms with Gasteiger partial charge in [-0.2, -0.15) is 0 Å². The summed E-state index contributed by atoms with van der Waals surface area (Å²) in [6, 6.07) is 8.06. The first-order chi connectivity index (χ1) is 11.2. The van der Waals surface area contributed by atoms with Crippen molar-refractivity contribution in [3.05, 3.63) is 36.0 Å². The Morgan fingerprint density at radius 1 is 1.22 bits per heavy atom. The lowest BCUT2D eigenvalue weighted by Gasteiger charge is -2.20. The average Bonchev–Trinajstić information content (AvgIpc) is 3.01. The molecule has 0 unspecified atom stereocenters. The minimum Gasteiger partial charge on any atom is -0.369 e. The van der Waals surface area contributed by atoms with Crippen LogP contribution in [0.3, 0.4) is 0 Å². The number of rotatable bonds is 5. The Balaban J connectivity index is 1.49. The second-order valence-corrected chi connectivity index (χ2v) is 6.36. The second-order valence-electron chi connectivity index (χ2n) is 6.36. The molecule has 0 aliphatic heterocycles. The van der Waals surface area contributed by atoms with Gasteiger partial charge in [0.15, 0.2) is 5.95 Å². The predicted molar refractivity (Wildman–Crippen MR) is 91.5 cm³/mol. The van der Waals surface area contributed by atoms with Crippen LogP contribution in [-0.4, -0.2) is 15.9 Å². The van der Waals surface area contributed by atoms with E-state index in [4.69, 9.17) is 5.73 Å². The molecule has 1 saturated carbocycles. The Morgan fingerprint density at radius 2 is 1.96 bits per heavy atom. The van der Waals surface area contributed by atoms with Gasteiger partial charge in [-0.15, -0.1) is 0 Å². The van der Waals surface area contributed by atoms with Gasteiger partial charge in [-0.3, -0.25) is 4.79 Å². The number of aromatic nitrogens is 2. The zero-order valence-corrected chi connectivity index (χ0v) is 13.3. The van der Waals surface area contributed by atoms with Crippen LogP contribution >= 0.6 is 0 Å². The summed E-state index contributed by atoms with van der Waals surface area (Å²) < 4.78 is 0. The molecular weight excluding hydrogens is 288 g/mol. The van der Waals surface area contributed by atoms with Crippen molar-refractivity contribution in [2.75, 3.05) is 5.73 Å². The van der Waals surface area contributed by atoms with E-state index in [2.05, 4.69) is 15.3 Å². The van der Waals surface area contributed by atoms with Gasteiger partial charge in [0.05, 0.1) is 11.9 Å². The standard InChI is InChI=1S/C18H24N4O/c19-18-21-12-16(22-18)15-8-6-14(7-9-15)11-20-17(23)10-13-4-2-1-3-5-13/h6-9,12-13H,1-5,10-11H2,(H,20,23)(H3,19,21,22). The fourth-order valence-electron chi connectivity index (χ4n) is 3.21. The number of nitrogens with zero attached hydrogens (tertiary/aromatic N) is 1. The van der Waals surface area contributed by atoms with Crippen LogP contribution in [0.25, 0.3) is 11.3 Å². The number of aromatic amines is 1. The molecule has 1 aliphatic carbocycles. The number of anilines is 1. The van der Waals surface area contributed by atoms with Crippen LogP contribution < -0.4 is 11.1 Å². The molecule has 0 spiro atoms. The molecule has 1 heterocycles. The molecule has 122 valence electrons. The van der Waals surface area contributed by atoms with Crippen LogP contribution in [0, 0.1) is 5.92 Å². The van der Waals surface area contributed by atoms with E-state index in [0.29, 0.717) is 24.8 Å². The predicted octanol–water partition coefficient (Wildman–Crippen LogP) is 3.25. The maximum absolute atomic E-state index is 12.0. The molecule has 0 bridgehead atoms. The molecule has 2 aromatic rings. The van der Waals surface area contributed by atoms with Crippen molar-refractivity contribution < 1.29 is 4.79 Å². The number of benzene rings is 1. The van der Waals surface area contributed by atoms with Gasteiger partial charge in [0, 0.05) is 13.0 Å². The van der Waals surface area contributed by atoms with Crippen LogP contribution in [0.1, 0.15) is 44.1 Å². The minimum absolute atomic E-state index is 0.169. The summed E-state index contributed by atoms with van der Waals surface area (Å²) in [5.41, 5.74) is 8.62. The van der Waals surface area contributed by atoms with Gasteiger partial charge >= 0.3 is 0 Å². The highest BCUT2D eigenvalue weighted by atomic mass is 16.1. The van der Waals surface area contributed by atoms with Gasteiger partial charge in [-0.1, -0.05) is 43.5 Å². The number of nitrogen functional groups attached to an aromatic ring is 1. The van der Waals surface area contributed by atoms with E-state index in [0.717, 1.165) is 16.8 Å². The number of amides is 1. The first-order valence-corrected chi connectivity index (χ1v) is 8.37. The highest BCUT2D eigenvalue weighted by Crippen LogP contribution is 2.26. The van der Waals surface area contributed by atoms with Crippen molar-refractivity contribution in [2.24, 2.45) is 5.92 Å². The van der Waals surface area contributed by atoms with Crippen LogP contribution in [0.5, 0.6) is 0 Å². The summed E-state index contributed by atoms with van der Waals surface area (Å²) in [6.45, 7) is 0.580. The molecule has 3 rings (SSSR count). The quantitative estimate of drug-likeness (QED) is 0.792. The third kappa shape index (κ3) is 4.34. The Morgan fingerprint density at radius 3 is 2.61 bits per heavy atom. The zero-order chi connectivity index (χ0) is 16.1. The number of H-pyrrole nitrogens is 1. The van der Waals surface area contributed by atoms with Gasteiger partial charge in [0.25, 0.3) is 0 Å². The fourth-order valence-corrected chi connectivity index (χ4v) is 3.21. The molecule has 5 nitrogen and oxygen atoms in total. The molecule has 0 atom stereocenters. The third-order valence-corrected chi connectivity index (χ3v) is 4.55. The van der Waals surface area contributed by atoms with E-state index in [-0.39, 0.29) is 5.91 Å². The number of nitrogens with two attached hydrogens (primary N) is 1. The maximum atomic E-state index is 12.0. The maximum Gasteiger partial charge on any atom is 0.220 e. The second kappa shape index (κ2) is 7.31. The zero-order valence-electron chi connectivity index (χ0n) is 13.3. The Bertz CT molecular complexity index is 641. The Hall–Kier alpha value is -2.30. The van der Waals surface area contributed by atoms with Crippen molar-refractivity contribution in [3.63, 3.8) is 0 Å². The molecule has 1 aromatic heterocycles. The van der Waals surface area contributed by atoms with Crippen LogP contribution in [0.4, 0.5) is 5.95 Å². The van der Waals surface area contributed by atoms with Gasteiger partial charge in [-0.05, 0) is 29.9 Å². The molecule has 1 aliphatic rings. The van der Waals surface area contributed by atoms with E-state index in [1.807, 2.05) is 24.3 Å². The van der Waals surface area contributed by atoms with Crippen LogP contribution in [0.15, 0.2) is 30.5 Å². The molecule has 0 saturated heterocycles. The average molecular weight is 312 g/mol. The first-order valence-electron chi connectivity index (χ1n) is 8.37. The molecule has 1 aromatic carbocycles. The lowest BCUT2D eigenvalue weighted by atomic mass is 9.87. The molecule has 1 fully saturated rings. The molecular formula is C18H24N4O. The van der Waals surface area contributed by atoms with E-state index < -0.39 is 0 Å². The van der Waals surface area contributed by atoms with E-state index in [9.17, 15) is 4.79 Å². The molecule has 5 heteroatoms. The van der Waals surface area contributed by atoms with Crippen LogP contribution in [0.2, 0.25) is 0 Å². The van der Waals surface area contributed by atoms with Crippen molar-refractivity contribution in [3.8, 4) is 11.3 Å². The van der Waals surface area contributed by atoms with Crippen molar-refractivity contribution in [2.45, 2.75) is 45.1 Å². The van der Waals surface area contributed by atoms with E-state index in [1.54, 1.807) is 6.20 Å². The normalized spacial score (nSPS) is 15.5. The van der Waals surface area contributed by atoms with E-state index >= 15 is 0 Å².